The van der Waals surface area contributed by atoms with E-state index in [2.05, 4.69) is 36.1 Å². The lowest BCUT2D eigenvalue weighted by molar-refractivity contribution is 0.384. The topological polar surface area (TPSA) is 47.0 Å². The van der Waals surface area contributed by atoms with Crippen molar-refractivity contribution < 1.29 is 4.74 Å². The summed E-state index contributed by atoms with van der Waals surface area (Å²) in [5, 5.41) is 3.40. The van der Waals surface area contributed by atoms with E-state index in [4.69, 9.17) is 4.74 Å². The molecule has 0 atom stereocenters. The standard InChI is InChI=1S/C11H19N3O/c1-11(2,3)14-6-5-9-10(15-4)13-8-7-12-9/h7-8,14H,5-6H2,1-4H3. The Morgan fingerprint density at radius 2 is 1.93 bits per heavy atom. The fourth-order valence-electron chi connectivity index (χ4n) is 1.25. The fourth-order valence-corrected chi connectivity index (χ4v) is 1.25. The Morgan fingerprint density at radius 3 is 2.53 bits per heavy atom. The first-order valence-electron chi connectivity index (χ1n) is 5.12. The minimum absolute atomic E-state index is 0.134. The van der Waals surface area contributed by atoms with Crippen LogP contribution in [0.5, 0.6) is 5.88 Å². The van der Waals surface area contributed by atoms with Crippen molar-refractivity contribution in [1.82, 2.24) is 15.3 Å². The number of nitrogens with zero attached hydrogens (tertiary/aromatic N) is 2. The van der Waals surface area contributed by atoms with Gasteiger partial charge in [-0.2, -0.15) is 0 Å². The molecule has 0 amide bonds. The van der Waals surface area contributed by atoms with Crippen molar-refractivity contribution in [3.05, 3.63) is 18.1 Å². The van der Waals surface area contributed by atoms with Gasteiger partial charge in [-0.1, -0.05) is 0 Å². The largest absolute Gasteiger partial charge is 0.480 e. The van der Waals surface area contributed by atoms with Gasteiger partial charge in [0, 0.05) is 30.9 Å². The van der Waals surface area contributed by atoms with Crippen molar-refractivity contribution in [2.24, 2.45) is 0 Å². The molecule has 0 spiro atoms. The molecule has 0 unspecified atom stereocenters. The molecule has 4 nitrogen and oxygen atoms in total. The summed E-state index contributed by atoms with van der Waals surface area (Å²) in [4.78, 5) is 8.34. The summed E-state index contributed by atoms with van der Waals surface area (Å²) < 4.78 is 5.13. The highest BCUT2D eigenvalue weighted by Gasteiger charge is 2.10. The van der Waals surface area contributed by atoms with Crippen molar-refractivity contribution in [2.45, 2.75) is 32.7 Å². The van der Waals surface area contributed by atoms with Crippen LogP contribution in [-0.2, 0) is 6.42 Å². The van der Waals surface area contributed by atoms with E-state index < -0.39 is 0 Å². The normalized spacial score (nSPS) is 11.5. The fraction of sp³-hybridized carbons (Fsp3) is 0.636. The molecular formula is C11H19N3O. The number of ether oxygens (including phenoxy) is 1. The minimum atomic E-state index is 0.134. The van der Waals surface area contributed by atoms with E-state index in [0.29, 0.717) is 5.88 Å². The molecule has 1 heterocycles. The Labute approximate surface area is 91.1 Å². The molecule has 0 fully saturated rings. The van der Waals surface area contributed by atoms with Crippen LogP contribution in [-0.4, -0.2) is 29.2 Å². The van der Waals surface area contributed by atoms with Crippen LogP contribution in [0.25, 0.3) is 0 Å². The molecule has 4 heteroatoms. The molecule has 0 bridgehead atoms. The molecular weight excluding hydrogens is 190 g/mol. The minimum Gasteiger partial charge on any atom is -0.480 e. The zero-order valence-corrected chi connectivity index (χ0v) is 9.87. The number of aromatic nitrogens is 2. The van der Waals surface area contributed by atoms with E-state index in [-0.39, 0.29) is 5.54 Å². The van der Waals surface area contributed by atoms with Gasteiger partial charge < -0.3 is 10.1 Å². The van der Waals surface area contributed by atoms with Crippen LogP contribution in [0.15, 0.2) is 12.4 Å². The van der Waals surface area contributed by atoms with E-state index in [0.717, 1.165) is 18.7 Å². The van der Waals surface area contributed by atoms with Gasteiger partial charge in [0.1, 0.15) is 5.69 Å². The van der Waals surface area contributed by atoms with E-state index >= 15 is 0 Å². The Morgan fingerprint density at radius 1 is 1.27 bits per heavy atom. The Hall–Kier alpha value is -1.16. The van der Waals surface area contributed by atoms with Gasteiger partial charge >= 0.3 is 0 Å². The maximum atomic E-state index is 5.13. The molecule has 1 aromatic heterocycles. The summed E-state index contributed by atoms with van der Waals surface area (Å²) in [7, 11) is 1.62. The van der Waals surface area contributed by atoms with Crippen LogP contribution in [0.3, 0.4) is 0 Å². The SMILES string of the molecule is COc1nccnc1CCNC(C)(C)C. The highest BCUT2D eigenvalue weighted by Crippen LogP contribution is 2.10. The molecule has 1 aromatic rings. The average Bonchev–Trinajstić information content (AvgIpc) is 2.16. The third kappa shape index (κ3) is 4.25. The quantitative estimate of drug-likeness (QED) is 0.814. The zero-order valence-electron chi connectivity index (χ0n) is 9.87. The van der Waals surface area contributed by atoms with Crippen LogP contribution < -0.4 is 10.1 Å². The summed E-state index contributed by atoms with van der Waals surface area (Å²) in [6, 6.07) is 0. The van der Waals surface area contributed by atoms with Gasteiger partial charge in [0.15, 0.2) is 0 Å². The first kappa shape index (κ1) is 11.9. The van der Waals surface area contributed by atoms with Crippen LogP contribution in [0.2, 0.25) is 0 Å². The molecule has 84 valence electrons. The third-order valence-electron chi connectivity index (χ3n) is 1.95. The number of rotatable bonds is 4. The molecule has 15 heavy (non-hydrogen) atoms. The summed E-state index contributed by atoms with van der Waals surface area (Å²) in [6.45, 7) is 7.29. The zero-order chi connectivity index (χ0) is 11.3. The van der Waals surface area contributed by atoms with Crippen LogP contribution in [0, 0.1) is 0 Å². The van der Waals surface area contributed by atoms with Crippen LogP contribution in [0.1, 0.15) is 26.5 Å². The third-order valence-corrected chi connectivity index (χ3v) is 1.95. The lowest BCUT2D eigenvalue weighted by Crippen LogP contribution is -2.37. The predicted octanol–water partition coefficient (Wildman–Crippen LogP) is 1.42. The molecule has 0 aromatic carbocycles. The van der Waals surface area contributed by atoms with Crippen molar-refractivity contribution in [2.75, 3.05) is 13.7 Å². The first-order valence-corrected chi connectivity index (χ1v) is 5.12. The number of methoxy groups -OCH3 is 1. The second kappa shape index (κ2) is 5.07. The van der Waals surface area contributed by atoms with E-state index in [1.54, 1.807) is 19.5 Å². The summed E-state index contributed by atoms with van der Waals surface area (Å²) in [6.07, 6.45) is 4.16. The lowest BCUT2D eigenvalue weighted by atomic mass is 10.1. The molecule has 0 saturated carbocycles. The van der Waals surface area contributed by atoms with Crippen molar-refractivity contribution in [3.8, 4) is 5.88 Å². The molecule has 1 N–H and O–H groups in total. The molecule has 0 radical (unpaired) electrons. The van der Waals surface area contributed by atoms with Crippen molar-refractivity contribution in [3.63, 3.8) is 0 Å². The maximum Gasteiger partial charge on any atom is 0.235 e. The smallest absolute Gasteiger partial charge is 0.235 e. The van der Waals surface area contributed by atoms with Gasteiger partial charge in [0.05, 0.1) is 7.11 Å². The second-order valence-electron chi connectivity index (χ2n) is 4.44. The Bertz CT molecular complexity index is 307. The number of hydrogen-bond donors (Lipinski definition) is 1. The van der Waals surface area contributed by atoms with Gasteiger partial charge in [-0.3, -0.25) is 4.98 Å². The number of hydrogen-bond acceptors (Lipinski definition) is 4. The van der Waals surface area contributed by atoms with E-state index in [1.165, 1.54) is 0 Å². The van der Waals surface area contributed by atoms with Crippen molar-refractivity contribution in [1.29, 1.82) is 0 Å². The summed E-state index contributed by atoms with van der Waals surface area (Å²) in [5.74, 6) is 0.619. The predicted molar refractivity (Wildman–Crippen MR) is 60.0 cm³/mol. The second-order valence-corrected chi connectivity index (χ2v) is 4.44. The van der Waals surface area contributed by atoms with Gasteiger partial charge in [-0.05, 0) is 20.8 Å². The van der Waals surface area contributed by atoms with E-state index in [1.807, 2.05) is 0 Å². The monoisotopic (exact) mass is 209 g/mol. The van der Waals surface area contributed by atoms with Gasteiger partial charge in [-0.25, -0.2) is 4.98 Å². The van der Waals surface area contributed by atoms with Gasteiger partial charge in [0.2, 0.25) is 5.88 Å². The maximum absolute atomic E-state index is 5.13. The van der Waals surface area contributed by atoms with Crippen molar-refractivity contribution >= 4 is 0 Å². The molecule has 0 aliphatic rings. The summed E-state index contributed by atoms with van der Waals surface area (Å²) in [5.41, 5.74) is 1.03. The number of nitrogens with one attached hydrogen (secondary N) is 1. The van der Waals surface area contributed by atoms with Crippen LogP contribution in [0.4, 0.5) is 0 Å². The van der Waals surface area contributed by atoms with Crippen LogP contribution >= 0.6 is 0 Å². The summed E-state index contributed by atoms with van der Waals surface area (Å²) >= 11 is 0. The Kier molecular flexibility index (Phi) is 4.03. The van der Waals surface area contributed by atoms with Gasteiger partial charge in [-0.15, -0.1) is 0 Å². The highest BCUT2D eigenvalue weighted by atomic mass is 16.5. The molecule has 0 aliphatic heterocycles. The Balaban J connectivity index is 2.50. The first-order chi connectivity index (χ1) is 7.03. The molecule has 1 rings (SSSR count). The lowest BCUT2D eigenvalue weighted by Gasteiger charge is -2.20. The van der Waals surface area contributed by atoms with Gasteiger partial charge in [0.25, 0.3) is 0 Å². The molecule has 0 aliphatic carbocycles. The van der Waals surface area contributed by atoms with E-state index in [9.17, 15) is 0 Å². The average molecular weight is 209 g/mol. The molecule has 0 saturated heterocycles. The highest BCUT2D eigenvalue weighted by molar-refractivity contribution is 5.17.